The standard InChI is InChI=1S/C43H72O6/c1-3-5-7-8-9-10-11-12-13-16-20-23-26-29-33-37-43(47)49-41(38-44)39-48-42(46)36-32-28-25-22-19-17-14-15-18-21-24-27-31-35-40(45)34-30-6-4-2/h6,15,17-19,24-25,27-28,30-31,35,40-41,44-45H,3-5,7-14,16,20-23,26,29,32-34,36-39H2,1-2H3/b18-15-,19-17-,27-24+,28-25-,30-6-,35-31+/t40?,41-/m0/s1. The first-order chi connectivity index (χ1) is 24.0. The lowest BCUT2D eigenvalue weighted by Crippen LogP contribution is -2.28. The fourth-order valence-electron chi connectivity index (χ4n) is 5.13. The maximum absolute atomic E-state index is 12.2. The Morgan fingerprint density at radius 1 is 0.592 bits per heavy atom. The molecule has 49 heavy (non-hydrogen) atoms. The molecule has 0 aromatic carbocycles. The average Bonchev–Trinajstić information content (AvgIpc) is 3.10. The Morgan fingerprint density at radius 2 is 1.12 bits per heavy atom. The van der Waals surface area contributed by atoms with Gasteiger partial charge in [-0.05, 0) is 44.9 Å². The molecule has 2 atom stereocenters. The van der Waals surface area contributed by atoms with Crippen LogP contribution < -0.4 is 0 Å². The molecule has 0 saturated carbocycles. The van der Waals surface area contributed by atoms with Crippen LogP contribution in [-0.4, -0.2) is 47.6 Å². The molecule has 0 aliphatic heterocycles. The lowest BCUT2D eigenvalue weighted by molar-refractivity contribution is -0.161. The summed E-state index contributed by atoms with van der Waals surface area (Å²) in [6.45, 7) is 3.86. The highest BCUT2D eigenvalue weighted by atomic mass is 16.6. The van der Waals surface area contributed by atoms with Gasteiger partial charge >= 0.3 is 11.9 Å². The fourth-order valence-corrected chi connectivity index (χ4v) is 5.13. The second kappa shape index (κ2) is 38.1. The van der Waals surface area contributed by atoms with Crippen molar-refractivity contribution in [2.75, 3.05) is 13.2 Å². The molecule has 0 radical (unpaired) electrons. The second-order valence-corrected chi connectivity index (χ2v) is 12.8. The van der Waals surface area contributed by atoms with Crippen LogP contribution in [0.5, 0.6) is 0 Å². The Hall–Kier alpha value is -2.70. The first-order valence-corrected chi connectivity index (χ1v) is 19.6. The molecular weight excluding hydrogens is 612 g/mol. The van der Waals surface area contributed by atoms with E-state index in [0.29, 0.717) is 19.3 Å². The zero-order valence-corrected chi connectivity index (χ0v) is 31.3. The highest BCUT2D eigenvalue weighted by Crippen LogP contribution is 2.14. The second-order valence-electron chi connectivity index (χ2n) is 12.8. The van der Waals surface area contributed by atoms with E-state index in [9.17, 15) is 19.8 Å². The number of ether oxygens (including phenoxy) is 2. The van der Waals surface area contributed by atoms with Crippen molar-refractivity contribution in [2.45, 2.75) is 174 Å². The molecule has 0 aliphatic carbocycles. The number of carbonyl (C=O) groups is 2. The van der Waals surface area contributed by atoms with E-state index in [0.717, 1.165) is 44.9 Å². The molecule has 6 heteroatoms. The minimum atomic E-state index is -0.813. The van der Waals surface area contributed by atoms with Gasteiger partial charge in [0.1, 0.15) is 6.61 Å². The average molecular weight is 685 g/mol. The Balaban J connectivity index is 3.75. The number of aliphatic hydroxyl groups excluding tert-OH is 2. The quantitative estimate of drug-likeness (QED) is 0.0303. The Morgan fingerprint density at radius 3 is 1.67 bits per heavy atom. The first-order valence-electron chi connectivity index (χ1n) is 19.6. The van der Waals surface area contributed by atoms with Gasteiger partial charge in [-0.25, -0.2) is 0 Å². The lowest BCUT2D eigenvalue weighted by atomic mass is 10.0. The summed E-state index contributed by atoms with van der Waals surface area (Å²) in [5, 5.41) is 19.3. The third-order valence-corrected chi connectivity index (χ3v) is 8.11. The van der Waals surface area contributed by atoms with E-state index in [2.05, 4.69) is 50.3 Å². The topological polar surface area (TPSA) is 93.1 Å². The normalized spacial score (nSPS) is 13.6. The molecule has 0 saturated heterocycles. The van der Waals surface area contributed by atoms with Crippen LogP contribution in [-0.2, 0) is 19.1 Å². The molecule has 2 N–H and O–H groups in total. The van der Waals surface area contributed by atoms with Gasteiger partial charge in [0.2, 0.25) is 0 Å². The van der Waals surface area contributed by atoms with Crippen LogP contribution in [0, 0.1) is 0 Å². The van der Waals surface area contributed by atoms with Gasteiger partial charge in [0.15, 0.2) is 6.10 Å². The summed E-state index contributed by atoms with van der Waals surface area (Å²) in [4.78, 5) is 24.2. The zero-order chi connectivity index (χ0) is 35.9. The van der Waals surface area contributed by atoms with Crippen LogP contribution in [0.3, 0.4) is 0 Å². The minimum Gasteiger partial charge on any atom is -0.462 e. The highest BCUT2D eigenvalue weighted by Gasteiger charge is 2.15. The van der Waals surface area contributed by atoms with Crippen molar-refractivity contribution in [2.24, 2.45) is 0 Å². The molecule has 0 fully saturated rings. The van der Waals surface area contributed by atoms with Crippen LogP contribution in [0.1, 0.15) is 162 Å². The third-order valence-electron chi connectivity index (χ3n) is 8.11. The lowest BCUT2D eigenvalue weighted by Gasteiger charge is -2.15. The van der Waals surface area contributed by atoms with Crippen LogP contribution >= 0.6 is 0 Å². The molecule has 280 valence electrons. The van der Waals surface area contributed by atoms with Crippen molar-refractivity contribution in [3.63, 3.8) is 0 Å². The zero-order valence-electron chi connectivity index (χ0n) is 31.3. The number of rotatable bonds is 34. The van der Waals surface area contributed by atoms with Crippen molar-refractivity contribution < 1.29 is 29.3 Å². The molecule has 0 aliphatic rings. The van der Waals surface area contributed by atoms with E-state index in [1.165, 1.54) is 77.0 Å². The predicted molar refractivity (Wildman–Crippen MR) is 206 cm³/mol. The minimum absolute atomic E-state index is 0.119. The number of hydrogen-bond donors (Lipinski definition) is 2. The van der Waals surface area contributed by atoms with E-state index in [4.69, 9.17) is 9.47 Å². The fraction of sp³-hybridized carbons (Fsp3) is 0.674. The Labute approximate surface area is 300 Å². The first kappa shape index (κ1) is 46.3. The van der Waals surface area contributed by atoms with E-state index < -0.39 is 12.2 Å². The molecule has 1 unspecified atom stereocenters. The summed E-state index contributed by atoms with van der Waals surface area (Å²) < 4.78 is 10.5. The number of allylic oxidation sites excluding steroid dienone is 10. The third kappa shape index (κ3) is 36.4. The summed E-state index contributed by atoms with van der Waals surface area (Å²) in [7, 11) is 0. The Kier molecular flexibility index (Phi) is 36.0. The van der Waals surface area contributed by atoms with Gasteiger partial charge in [-0.2, -0.15) is 0 Å². The van der Waals surface area contributed by atoms with Crippen molar-refractivity contribution in [3.05, 3.63) is 72.9 Å². The smallest absolute Gasteiger partial charge is 0.306 e. The van der Waals surface area contributed by atoms with Gasteiger partial charge in [0, 0.05) is 12.8 Å². The van der Waals surface area contributed by atoms with Crippen LogP contribution in [0.15, 0.2) is 72.9 Å². The molecule has 0 bridgehead atoms. The summed E-state index contributed by atoms with van der Waals surface area (Å²) in [6.07, 6.45) is 47.3. The van der Waals surface area contributed by atoms with Gasteiger partial charge in [-0.15, -0.1) is 0 Å². The summed E-state index contributed by atoms with van der Waals surface area (Å²) >= 11 is 0. The summed E-state index contributed by atoms with van der Waals surface area (Å²) in [6, 6.07) is 0. The monoisotopic (exact) mass is 685 g/mol. The molecule has 0 amide bonds. The van der Waals surface area contributed by atoms with Gasteiger partial charge in [-0.3, -0.25) is 9.59 Å². The Bertz CT molecular complexity index is 929. The predicted octanol–water partition coefficient (Wildman–Crippen LogP) is 11.1. The maximum Gasteiger partial charge on any atom is 0.306 e. The number of aliphatic hydroxyl groups is 2. The van der Waals surface area contributed by atoms with E-state index >= 15 is 0 Å². The van der Waals surface area contributed by atoms with Crippen LogP contribution in [0.25, 0.3) is 0 Å². The molecule has 0 heterocycles. The number of hydrogen-bond acceptors (Lipinski definition) is 6. The van der Waals surface area contributed by atoms with Gasteiger partial charge in [-0.1, -0.05) is 177 Å². The van der Waals surface area contributed by atoms with Crippen molar-refractivity contribution >= 4 is 11.9 Å². The van der Waals surface area contributed by atoms with Crippen LogP contribution in [0.2, 0.25) is 0 Å². The molecule has 0 rings (SSSR count). The largest absolute Gasteiger partial charge is 0.462 e. The van der Waals surface area contributed by atoms with Crippen molar-refractivity contribution in [1.82, 2.24) is 0 Å². The molecular formula is C43H72O6. The van der Waals surface area contributed by atoms with Gasteiger partial charge < -0.3 is 19.7 Å². The van der Waals surface area contributed by atoms with E-state index in [1.54, 1.807) is 6.08 Å². The van der Waals surface area contributed by atoms with Crippen molar-refractivity contribution in [3.8, 4) is 0 Å². The maximum atomic E-state index is 12.2. The number of esters is 2. The van der Waals surface area contributed by atoms with E-state index in [1.807, 2.05) is 30.4 Å². The van der Waals surface area contributed by atoms with Gasteiger partial charge in [0.25, 0.3) is 0 Å². The molecule has 0 aromatic heterocycles. The SMILES string of the molecule is CC/C=C\CC(O)/C=C/C=C/C/C=C\C/C=C\C/C=C\CCC(=O)OC[C@H](CO)OC(=O)CCCCCCCCCCCCCCCCC. The summed E-state index contributed by atoms with van der Waals surface area (Å²) in [5.41, 5.74) is 0. The van der Waals surface area contributed by atoms with Crippen molar-refractivity contribution in [1.29, 1.82) is 0 Å². The number of unbranched alkanes of at least 4 members (excludes halogenated alkanes) is 14. The molecule has 6 nitrogen and oxygen atoms in total. The molecule has 0 spiro atoms. The number of carbonyl (C=O) groups excluding carboxylic acids is 2. The van der Waals surface area contributed by atoms with E-state index in [-0.39, 0.29) is 31.6 Å². The highest BCUT2D eigenvalue weighted by molar-refractivity contribution is 5.70. The van der Waals surface area contributed by atoms with Crippen LogP contribution in [0.4, 0.5) is 0 Å². The molecule has 0 aromatic rings. The summed E-state index contributed by atoms with van der Waals surface area (Å²) in [5.74, 6) is -0.712. The van der Waals surface area contributed by atoms with Gasteiger partial charge in [0.05, 0.1) is 12.7 Å².